The lowest BCUT2D eigenvalue weighted by Gasteiger charge is -2.19. The van der Waals surface area contributed by atoms with Gasteiger partial charge in [0.15, 0.2) is 0 Å². The van der Waals surface area contributed by atoms with Gasteiger partial charge < -0.3 is 10.1 Å². The number of nitrogens with zero attached hydrogens (tertiary/aromatic N) is 1. The quantitative estimate of drug-likeness (QED) is 0.650. The second-order valence-corrected chi connectivity index (χ2v) is 6.52. The third-order valence-electron chi connectivity index (χ3n) is 3.20. The Kier molecular flexibility index (Phi) is 6.65. The molecule has 0 saturated heterocycles. The number of hydrogen-bond acceptors (Lipinski definition) is 3. The number of hydrogen-bond donors (Lipinski definition) is 1. The molecule has 0 bridgehead atoms. The van der Waals surface area contributed by atoms with Crippen LogP contribution in [0.1, 0.15) is 5.56 Å². The van der Waals surface area contributed by atoms with Gasteiger partial charge in [-0.05, 0) is 47.8 Å². The molecular weight excluding hydrogens is 448 g/mol. The number of amides is 1. The zero-order valence-electron chi connectivity index (χ0n) is 13.3. The van der Waals surface area contributed by atoms with Crippen LogP contribution in [0.3, 0.4) is 0 Å². The smallest absolute Gasteiger partial charge is 0.405 e. The van der Waals surface area contributed by atoms with Crippen molar-refractivity contribution in [2.75, 3.05) is 18.9 Å². The normalized spacial score (nSPS) is 11.4. The van der Waals surface area contributed by atoms with Gasteiger partial charge in [-0.1, -0.05) is 30.3 Å². The first-order valence-corrected chi connectivity index (χ1v) is 8.39. The number of rotatable bonds is 6. The molecule has 2 rings (SSSR count). The summed E-state index contributed by atoms with van der Waals surface area (Å²) in [4.78, 5) is 13.7. The summed E-state index contributed by atoms with van der Waals surface area (Å²) >= 11 is 2.11. The molecule has 0 saturated carbocycles. The summed E-state index contributed by atoms with van der Waals surface area (Å²) in [5.74, 6) is -0.513. The number of anilines is 1. The van der Waals surface area contributed by atoms with Crippen molar-refractivity contribution in [1.82, 2.24) is 4.90 Å². The van der Waals surface area contributed by atoms with E-state index in [1.807, 2.05) is 18.2 Å². The second kappa shape index (κ2) is 8.52. The molecule has 0 aromatic heterocycles. The number of carbonyl (C=O) groups excluding carboxylic acids is 1. The number of nitrogens with one attached hydrogen (secondary N) is 1. The number of carbonyl (C=O) groups is 1. The molecule has 0 aliphatic carbocycles. The molecule has 2 aromatic carbocycles. The molecule has 25 heavy (non-hydrogen) atoms. The van der Waals surface area contributed by atoms with Gasteiger partial charge in [-0.2, -0.15) is 0 Å². The second-order valence-electron chi connectivity index (χ2n) is 5.36. The third-order valence-corrected chi connectivity index (χ3v) is 4.14. The van der Waals surface area contributed by atoms with Crippen molar-refractivity contribution in [3.05, 3.63) is 57.7 Å². The SMILES string of the molecule is CN(CC(=O)Nc1ccccc1I)Cc1ccccc1OC(F)(F)F. The standard InChI is InChI=1S/C17H16F3IN2O2/c1-23(11-16(24)22-14-8-4-3-7-13(14)21)10-12-6-2-5-9-15(12)25-17(18,19)20/h2-9H,10-11H2,1H3,(H,22,24). The Morgan fingerprint density at radius 2 is 1.80 bits per heavy atom. The van der Waals surface area contributed by atoms with Crippen LogP contribution in [-0.4, -0.2) is 30.8 Å². The third kappa shape index (κ3) is 6.54. The Hall–Kier alpha value is -1.81. The maximum absolute atomic E-state index is 12.4. The molecule has 0 heterocycles. The molecule has 1 N–H and O–H groups in total. The van der Waals surface area contributed by atoms with Crippen LogP contribution in [0.2, 0.25) is 0 Å². The Bertz CT molecular complexity index is 738. The Morgan fingerprint density at radius 3 is 2.48 bits per heavy atom. The van der Waals surface area contributed by atoms with E-state index >= 15 is 0 Å². The van der Waals surface area contributed by atoms with Crippen molar-refractivity contribution < 1.29 is 22.7 Å². The van der Waals surface area contributed by atoms with E-state index in [0.29, 0.717) is 11.3 Å². The fourth-order valence-electron chi connectivity index (χ4n) is 2.20. The largest absolute Gasteiger partial charge is 0.573 e. The van der Waals surface area contributed by atoms with Crippen LogP contribution in [0.4, 0.5) is 18.9 Å². The Balaban J connectivity index is 1.97. The monoisotopic (exact) mass is 464 g/mol. The van der Waals surface area contributed by atoms with E-state index in [4.69, 9.17) is 0 Å². The minimum Gasteiger partial charge on any atom is -0.405 e. The van der Waals surface area contributed by atoms with Gasteiger partial charge in [-0.15, -0.1) is 13.2 Å². The molecule has 0 fully saturated rings. The predicted octanol–water partition coefficient (Wildman–Crippen LogP) is 4.26. The van der Waals surface area contributed by atoms with Crippen molar-refractivity contribution in [2.24, 2.45) is 0 Å². The van der Waals surface area contributed by atoms with Crippen LogP contribution in [-0.2, 0) is 11.3 Å². The summed E-state index contributed by atoms with van der Waals surface area (Å²) in [6, 6.07) is 13.2. The number of benzene rings is 2. The molecule has 0 atom stereocenters. The van der Waals surface area contributed by atoms with E-state index in [-0.39, 0.29) is 24.7 Å². The van der Waals surface area contributed by atoms with Gasteiger partial charge in [0, 0.05) is 15.7 Å². The first-order chi connectivity index (χ1) is 11.7. The van der Waals surface area contributed by atoms with Crippen molar-refractivity contribution in [3.63, 3.8) is 0 Å². The van der Waals surface area contributed by atoms with Gasteiger partial charge in [-0.3, -0.25) is 9.69 Å². The van der Waals surface area contributed by atoms with Gasteiger partial charge in [0.25, 0.3) is 0 Å². The molecule has 0 aliphatic rings. The number of alkyl halides is 3. The zero-order chi connectivity index (χ0) is 18.4. The van der Waals surface area contributed by atoms with Crippen LogP contribution in [0.5, 0.6) is 5.75 Å². The summed E-state index contributed by atoms with van der Waals surface area (Å²) in [5.41, 5.74) is 1.05. The predicted molar refractivity (Wildman–Crippen MR) is 97.2 cm³/mol. The van der Waals surface area contributed by atoms with Crippen LogP contribution in [0.15, 0.2) is 48.5 Å². The molecule has 8 heteroatoms. The minimum absolute atomic E-state index is 0.0331. The fraction of sp³-hybridized carbons (Fsp3) is 0.235. The fourth-order valence-corrected chi connectivity index (χ4v) is 2.73. The van der Waals surface area contributed by atoms with Gasteiger partial charge in [0.2, 0.25) is 5.91 Å². The molecule has 2 aromatic rings. The van der Waals surface area contributed by atoms with Crippen molar-refractivity contribution in [3.8, 4) is 5.75 Å². The van der Waals surface area contributed by atoms with Gasteiger partial charge in [0.1, 0.15) is 5.75 Å². The molecule has 0 unspecified atom stereocenters. The summed E-state index contributed by atoms with van der Waals surface area (Å²) in [6.07, 6.45) is -4.75. The van der Waals surface area contributed by atoms with E-state index in [0.717, 1.165) is 3.57 Å². The highest BCUT2D eigenvalue weighted by Gasteiger charge is 2.32. The molecule has 0 radical (unpaired) electrons. The van der Waals surface area contributed by atoms with Gasteiger partial charge in [-0.25, -0.2) is 0 Å². The highest BCUT2D eigenvalue weighted by Crippen LogP contribution is 2.27. The van der Waals surface area contributed by atoms with Crippen LogP contribution in [0, 0.1) is 3.57 Å². The van der Waals surface area contributed by atoms with Crippen molar-refractivity contribution in [1.29, 1.82) is 0 Å². The zero-order valence-corrected chi connectivity index (χ0v) is 15.5. The van der Waals surface area contributed by atoms with E-state index in [9.17, 15) is 18.0 Å². The summed E-state index contributed by atoms with van der Waals surface area (Å²) in [6.45, 7) is 0.177. The number of halogens is 4. The molecular formula is C17H16F3IN2O2. The minimum atomic E-state index is -4.75. The summed E-state index contributed by atoms with van der Waals surface area (Å²) in [7, 11) is 1.65. The topological polar surface area (TPSA) is 41.6 Å². The molecule has 1 amide bonds. The van der Waals surface area contributed by atoms with E-state index in [1.54, 1.807) is 24.1 Å². The highest BCUT2D eigenvalue weighted by atomic mass is 127. The van der Waals surface area contributed by atoms with E-state index in [2.05, 4.69) is 32.6 Å². The van der Waals surface area contributed by atoms with Crippen molar-refractivity contribution >= 4 is 34.2 Å². The first kappa shape index (κ1) is 19.5. The first-order valence-electron chi connectivity index (χ1n) is 7.31. The Morgan fingerprint density at radius 1 is 1.16 bits per heavy atom. The van der Waals surface area contributed by atoms with Gasteiger partial charge >= 0.3 is 6.36 Å². The lowest BCUT2D eigenvalue weighted by atomic mass is 10.2. The lowest BCUT2D eigenvalue weighted by molar-refractivity contribution is -0.275. The Labute approximate surface area is 157 Å². The summed E-state index contributed by atoms with van der Waals surface area (Å²) in [5, 5.41) is 2.78. The van der Waals surface area contributed by atoms with Crippen LogP contribution >= 0.6 is 22.6 Å². The van der Waals surface area contributed by atoms with E-state index in [1.165, 1.54) is 18.2 Å². The van der Waals surface area contributed by atoms with Gasteiger partial charge in [0.05, 0.1) is 12.2 Å². The number of para-hydroxylation sites is 2. The number of likely N-dealkylation sites (N-methyl/N-ethyl adjacent to an activating group) is 1. The van der Waals surface area contributed by atoms with Crippen LogP contribution in [0.25, 0.3) is 0 Å². The molecule has 134 valence electrons. The average Bonchev–Trinajstić information content (AvgIpc) is 2.50. The molecule has 0 spiro atoms. The number of ether oxygens (including phenoxy) is 1. The lowest BCUT2D eigenvalue weighted by Crippen LogP contribution is -2.30. The average molecular weight is 464 g/mol. The maximum atomic E-state index is 12.4. The summed E-state index contributed by atoms with van der Waals surface area (Å²) < 4.78 is 42.3. The molecule has 0 aliphatic heterocycles. The maximum Gasteiger partial charge on any atom is 0.573 e. The highest BCUT2D eigenvalue weighted by molar-refractivity contribution is 14.1. The molecule has 4 nitrogen and oxygen atoms in total. The van der Waals surface area contributed by atoms with Crippen LogP contribution < -0.4 is 10.1 Å². The van der Waals surface area contributed by atoms with Crippen molar-refractivity contribution in [2.45, 2.75) is 12.9 Å². The van der Waals surface area contributed by atoms with E-state index < -0.39 is 6.36 Å².